The van der Waals surface area contributed by atoms with Crippen LogP contribution in [0.5, 0.6) is 0 Å². The third kappa shape index (κ3) is 13.4. The largest absolute Gasteiger partial charge is 0.355 e. The van der Waals surface area contributed by atoms with E-state index >= 15 is 0 Å². The van der Waals surface area contributed by atoms with Gasteiger partial charge in [-0.1, -0.05) is 0 Å². The fourth-order valence-corrected chi connectivity index (χ4v) is 11.4. The van der Waals surface area contributed by atoms with E-state index in [0.29, 0.717) is 0 Å². The van der Waals surface area contributed by atoms with Crippen molar-refractivity contribution in [3.8, 4) is 0 Å². The van der Waals surface area contributed by atoms with E-state index in [1.165, 1.54) is 0 Å². The van der Waals surface area contributed by atoms with Gasteiger partial charge in [-0.3, -0.25) is 0 Å². The first-order chi connectivity index (χ1) is 47.2. The number of hydrogen-bond acceptors (Lipinski definition) is 14. The number of hydrogen-bond donors (Lipinski definition) is 2. The van der Waals surface area contributed by atoms with Crippen LogP contribution < -0.4 is 0 Å². The van der Waals surface area contributed by atoms with Gasteiger partial charge in [0.1, 0.15) is 0 Å². The van der Waals surface area contributed by atoms with Crippen LogP contribution in [0.2, 0.25) is 0 Å². The van der Waals surface area contributed by atoms with Crippen LogP contribution in [-0.4, -0.2) is 79.7 Å². The molecule has 0 aliphatic carbocycles. The van der Waals surface area contributed by atoms with Crippen LogP contribution in [-0.2, 0) is 0 Å². The molecule has 0 spiro atoms. The van der Waals surface area contributed by atoms with E-state index in [4.69, 9.17) is 69.8 Å². The summed E-state index contributed by atoms with van der Waals surface area (Å²) in [5, 5.41) is 0. The van der Waals surface area contributed by atoms with Gasteiger partial charge in [-0.15, -0.1) is 0 Å². The van der Waals surface area contributed by atoms with Gasteiger partial charge in [0, 0.05) is 22.1 Å². The van der Waals surface area contributed by atoms with Gasteiger partial charge in [0.05, 0.1) is 159 Å². The SMILES string of the molecule is C1=Cc2cc3nc(cc4nc(cc5nc(cc6nc(cc7nc(cc8nc(cc9ccc(cc%10nc(cc%11ccc(cc%12nc(cc%13nc(cc%14nc(cc%15nc(cc%16nc(cc%17nc(cc1n2)C=C%17)C=C%16)C=C%15)C=C%14)C=C%13)C=C%12)[nH]%11)C=C%10)[nH]9)C=C8)C=C7)C=C6)C=C5)C=C4)C=C3. The molecule has 0 radical (unpaired) electrons. The van der Waals surface area contributed by atoms with Gasteiger partial charge in [0.25, 0.3) is 0 Å². The van der Waals surface area contributed by atoms with Crippen LogP contribution in [0.15, 0.2) is 121 Å². The van der Waals surface area contributed by atoms with E-state index in [2.05, 4.69) is 9.97 Å². The number of aromatic amines is 2. The Morgan fingerprint density at radius 2 is 0.198 bits per heavy atom. The first-order valence-electron chi connectivity index (χ1n) is 31.1. The minimum atomic E-state index is 0.803. The summed E-state index contributed by atoms with van der Waals surface area (Å²) in [6.45, 7) is 0. The van der Waals surface area contributed by atoms with Gasteiger partial charge < -0.3 is 9.97 Å². The van der Waals surface area contributed by atoms with Crippen LogP contribution in [0.3, 0.4) is 0 Å². The quantitative estimate of drug-likeness (QED) is 0.145. The molecule has 0 atom stereocenters. The molecule has 0 saturated heterocycles. The number of nitrogens with one attached hydrogen (secondary N) is 2. The van der Waals surface area contributed by atoms with Crippen LogP contribution in [0.25, 0.3) is 192 Å². The highest BCUT2D eigenvalue weighted by atomic mass is 14.8. The lowest BCUT2D eigenvalue weighted by atomic mass is 10.3. The lowest BCUT2D eigenvalue weighted by Gasteiger charge is -1.86. The van der Waals surface area contributed by atoms with E-state index in [0.717, 1.165) is 181 Å². The zero-order valence-electron chi connectivity index (χ0n) is 51.0. The van der Waals surface area contributed by atoms with Gasteiger partial charge in [0.15, 0.2) is 0 Å². The first-order valence-corrected chi connectivity index (χ1v) is 31.1. The molecule has 0 saturated carbocycles. The molecule has 0 amide bonds. The zero-order chi connectivity index (χ0) is 63.7. The third-order valence-electron chi connectivity index (χ3n) is 15.8. The van der Waals surface area contributed by atoms with Gasteiger partial charge in [-0.05, 0) is 291 Å². The first kappa shape index (κ1) is 56.4. The topological polar surface area (TPSA) is 212 Å². The van der Waals surface area contributed by atoms with E-state index < -0.39 is 0 Å². The van der Waals surface area contributed by atoms with E-state index in [1.54, 1.807) is 0 Å². The molecule has 0 unspecified atom stereocenters. The molecule has 3 aromatic heterocycles. The Morgan fingerprint density at radius 1 is 0.115 bits per heavy atom. The van der Waals surface area contributed by atoms with Crippen LogP contribution in [0, 0.1) is 0 Å². The van der Waals surface area contributed by atoms with Crippen molar-refractivity contribution in [3.05, 3.63) is 281 Å². The number of aromatic nitrogens is 16. The molecule has 0 fully saturated rings. The van der Waals surface area contributed by atoms with Crippen molar-refractivity contribution >= 4 is 192 Å². The molecule has 14 aliphatic heterocycles. The Labute approximate surface area is 549 Å². The Morgan fingerprint density at radius 3 is 0.292 bits per heavy atom. The predicted octanol–water partition coefficient (Wildman–Crippen LogP) is 16.7. The summed E-state index contributed by atoms with van der Waals surface area (Å²) in [5.41, 5.74) is 26.4. The molecular formula is C80H50N16. The molecule has 0 aromatic carbocycles. The smallest absolute Gasteiger partial charge is 0.0659 e. The molecule has 450 valence electrons. The fourth-order valence-electron chi connectivity index (χ4n) is 11.4. The maximum atomic E-state index is 4.86. The van der Waals surface area contributed by atoms with E-state index in [-0.39, 0.29) is 0 Å². The molecule has 17 heterocycles. The summed E-state index contributed by atoms with van der Waals surface area (Å²) >= 11 is 0. The van der Waals surface area contributed by atoms with Crippen molar-refractivity contribution in [2.75, 3.05) is 0 Å². The van der Waals surface area contributed by atoms with Crippen molar-refractivity contribution in [1.29, 1.82) is 0 Å². The normalized spacial score (nSPS) is 13.7. The number of H-pyrrole nitrogens is 2. The van der Waals surface area contributed by atoms with Gasteiger partial charge >= 0.3 is 0 Å². The lowest BCUT2D eigenvalue weighted by Crippen LogP contribution is -1.80. The molecule has 14 aliphatic rings. The lowest BCUT2D eigenvalue weighted by molar-refractivity contribution is 1.24. The third-order valence-corrected chi connectivity index (χ3v) is 15.8. The average Bonchev–Trinajstić information content (AvgIpc) is 1.86. The predicted molar refractivity (Wildman–Crippen MR) is 391 cm³/mol. The summed E-state index contributed by atoms with van der Waals surface area (Å²) < 4.78 is 0. The van der Waals surface area contributed by atoms with Crippen LogP contribution in [0.4, 0.5) is 0 Å². The Hall–Kier alpha value is -13.6. The molecule has 16 heteroatoms. The second kappa shape index (κ2) is 24.6. The van der Waals surface area contributed by atoms with Crippen LogP contribution in [0.1, 0.15) is 159 Å². The Kier molecular flexibility index (Phi) is 14.4. The number of rotatable bonds is 0. The van der Waals surface area contributed by atoms with Crippen molar-refractivity contribution < 1.29 is 0 Å². The molecule has 32 bridgehead atoms. The second-order valence-electron chi connectivity index (χ2n) is 23.2. The highest BCUT2D eigenvalue weighted by Crippen LogP contribution is 2.25. The van der Waals surface area contributed by atoms with Crippen LogP contribution >= 0.6 is 0 Å². The fraction of sp³-hybridized carbons (Fsp3) is 0. The van der Waals surface area contributed by atoms with E-state index in [9.17, 15) is 0 Å². The Balaban J connectivity index is 0.660. The van der Waals surface area contributed by atoms with Gasteiger partial charge in [-0.2, -0.15) is 0 Å². The summed E-state index contributed by atoms with van der Waals surface area (Å²) in [6, 6.07) is 39.8. The van der Waals surface area contributed by atoms with E-state index in [1.807, 2.05) is 291 Å². The monoisotopic (exact) mass is 1230 g/mol. The van der Waals surface area contributed by atoms with Crippen molar-refractivity contribution in [3.63, 3.8) is 0 Å². The van der Waals surface area contributed by atoms with Crippen molar-refractivity contribution in [1.82, 2.24) is 79.7 Å². The summed E-state index contributed by atoms with van der Waals surface area (Å²) in [6.07, 6.45) is 55.5. The molecular weight excluding hydrogens is 1180 g/mol. The maximum Gasteiger partial charge on any atom is 0.0659 e. The van der Waals surface area contributed by atoms with Crippen molar-refractivity contribution in [2.24, 2.45) is 0 Å². The minimum Gasteiger partial charge on any atom is -0.355 e. The maximum absolute atomic E-state index is 4.86. The molecule has 2 N–H and O–H groups in total. The van der Waals surface area contributed by atoms with Crippen molar-refractivity contribution in [2.45, 2.75) is 0 Å². The van der Waals surface area contributed by atoms with Gasteiger partial charge in [0.2, 0.25) is 0 Å². The number of fused-ring (bicyclic) bond motifs is 32. The number of nitrogens with zero attached hydrogens (tertiary/aromatic N) is 14. The highest BCUT2D eigenvalue weighted by Gasteiger charge is 2.12. The standard InChI is InChI=1S/C80H50N16/c1-2-50-34-52-5-6-54(83-52)36-56-9-10-58(85-56)38-60-13-14-62(87-60)40-64-17-18-66(89-64)42-68-21-22-70(91-68)44-72-25-26-74(93-72)46-76-29-30-78(95-76)48-80-32-31-79(96-80)47-77-28-27-75(94-77)45-73-24-23-71(92-73)43-69-20-19-67(90-69)41-65-16-15-63(88-65)39-61-12-11-59(86-61)37-57-8-7-55(84-57)35-53-4-3-51(82-53)33-49(1)81-50/h1-48,81,84H. The minimum absolute atomic E-state index is 0.803. The molecule has 3 aromatic rings. The molecule has 17 rings (SSSR count). The zero-order valence-corrected chi connectivity index (χ0v) is 51.0. The highest BCUT2D eigenvalue weighted by molar-refractivity contribution is 5.84. The summed E-state index contributed by atoms with van der Waals surface area (Å²) in [4.78, 5) is 74.5. The van der Waals surface area contributed by atoms with Gasteiger partial charge in [-0.25, -0.2) is 69.8 Å². The average molecular weight is 1240 g/mol. The molecule has 16 nitrogen and oxygen atoms in total. The summed E-state index contributed by atoms with van der Waals surface area (Å²) in [5.74, 6) is 0. The Bertz CT molecular complexity index is 5390. The summed E-state index contributed by atoms with van der Waals surface area (Å²) in [7, 11) is 0. The molecule has 96 heavy (non-hydrogen) atoms. The second-order valence-corrected chi connectivity index (χ2v) is 23.2.